The van der Waals surface area contributed by atoms with Crippen molar-refractivity contribution in [3.8, 4) is 23.0 Å². The van der Waals surface area contributed by atoms with Crippen LogP contribution in [0.3, 0.4) is 0 Å². The smallest absolute Gasteiger partial charge is 0.357 e. The topological polar surface area (TPSA) is 189 Å². The Morgan fingerprint density at radius 2 is 0.735 bits per heavy atom. The molecular weight excluding hydrogens is 717 g/mol. The van der Waals surface area contributed by atoms with E-state index in [-0.39, 0.29) is 46.7 Å². The Balaban J connectivity index is 1.66. The Hall–Kier alpha value is -3.48. The third kappa shape index (κ3) is 12.4. The van der Waals surface area contributed by atoms with Crippen molar-refractivity contribution in [2.24, 2.45) is 0 Å². The lowest BCUT2D eigenvalue weighted by atomic mass is 9.76. The van der Waals surface area contributed by atoms with Gasteiger partial charge in [0.15, 0.2) is 0 Å². The van der Waals surface area contributed by atoms with E-state index in [0.29, 0.717) is 19.3 Å². The average Bonchev–Trinajstić information content (AvgIpc) is 3.04. The maximum atomic E-state index is 11.2. The van der Waals surface area contributed by atoms with Gasteiger partial charge in [0.05, 0.1) is 0 Å². The maximum Gasteiger partial charge on any atom is 0.357 e. The number of benzene rings is 4. The molecule has 0 heterocycles. The minimum Gasteiger partial charge on any atom is -0.740 e. The van der Waals surface area contributed by atoms with Gasteiger partial charge in [0.1, 0.15) is 34.4 Å². The Kier molecular flexibility index (Phi) is 14.5. The second-order valence-corrected chi connectivity index (χ2v) is 13.7. The minimum atomic E-state index is -2.72. The molecule has 0 aliphatic carbocycles. The minimum absolute atomic E-state index is 0.0294. The first kappa shape index (κ1) is 38.3. The summed E-state index contributed by atoms with van der Waals surface area (Å²) >= 11 is -10.1. The maximum absolute atomic E-state index is 11.2. The molecule has 3 N–H and O–H groups in total. The van der Waals surface area contributed by atoms with Crippen molar-refractivity contribution in [3.05, 3.63) is 119 Å². The molecule has 8 atom stereocenters. The zero-order chi connectivity index (χ0) is 35.5. The SMILES string of the molecule is CC(CC(CC(CC(C)c1ccc(OS(=O)O)cc1)c1ccc(OS(=O)O)cc1)c1ccc(OS(=O)[O-])cc1)c1ccc(OS(=O)O)cc1. The van der Waals surface area contributed by atoms with Gasteiger partial charge >= 0.3 is 34.1 Å². The Morgan fingerprint density at radius 1 is 0.469 bits per heavy atom. The van der Waals surface area contributed by atoms with Crippen LogP contribution in [0.4, 0.5) is 0 Å². The molecule has 0 saturated heterocycles. The molecule has 4 aromatic rings. The van der Waals surface area contributed by atoms with Crippen LogP contribution >= 0.6 is 0 Å². The first-order chi connectivity index (χ1) is 23.4. The number of hydrogen-bond acceptors (Lipinski definition) is 9. The van der Waals surface area contributed by atoms with Gasteiger partial charge in [0.2, 0.25) is 0 Å². The van der Waals surface area contributed by atoms with Crippen LogP contribution < -0.4 is 16.7 Å². The standard InChI is InChI=1S/C33H36O12S4/c1-22(24-3-11-30(12-4-24)42-46(34)35)19-28(26-7-15-32(16-8-26)44-48(38)39)21-29(27-9-17-33(18-10-27)45-49(40)41)20-23(2)25-5-13-31(14-6-25)43-47(36)37/h3-18,22-23,28-29H,19-21H2,1-2H3,(H,34,35)(H,36,37)(H,38,39)(H,40,41)/p-1. The Labute approximate surface area is 295 Å². The highest BCUT2D eigenvalue weighted by Gasteiger charge is 2.25. The molecule has 0 aliphatic heterocycles. The Bertz CT molecular complexity index is 1600. The van der Waals surface area contributed by atoms with Crippen molar-refractivity contribution in [1.29, 1.82) is 0 Å². The van der Waals surface area contributed by atoms with Gasteiger partial charge < -0.3 is 21.3 Å². The molecule has 0 saturated carbocycles. The van der Waals surface area contributed by atoms with Gasteiger partial charge in [0.25, 0.3) is 0 Å². The van der Waals surface area contributed by atoms with Gasteiger partial charge in [-0.2, -0.15) is 12.6 Å². The molecule has 0 spiro atoms. The van der Waals surface area contributed by atoms with Crippen molar-refractivity contribution < 1.29 is 51.8 Å². The normalized spacial score (nSPS) is 16.3. The van der Waals surface area contributed by atoms with Crippen molar-refractivity contribution >= 4 is 45.4 Å². The summed E-state index contributed by atoms with van der Waals surface area (Å²) in [5, 5.41) is 0. The summed E-state index contributed by atoms with van der Waals surface area (Å²) < 4.78 is 102. The van der Waals surface area contributed by atoms with E-state index in [0.717, 1.165) is 22.3 Å². The van der Waals surface area contributed by atoms with Crippen LogP contribution in [-0.4, -0.2) is 35.0 Å². The summed E-state index contributed by atoms with van der Waals surface area (Å²) in [4.78, 5) is 0. The summed E-state index contributed by atoms with van der Waals surface area (Å²) in [5.74, 6) is 0.916. The highest BCUT2D eigenvalue weighted by molar-refractivity contribution is 7.75. The summed E-state index contributed by atoms with van der Waals surface area (Å²) in [6.45, 7) is 4.15. The molecule has 264 valence electrons. The average molecular weight is 752 g/mol. The van der Waals surface area contributed by atoms with E-state index in [1.807, 2.05) is 48.5 Å². The van der Waals surface area contributed by atoms with Gasteiger partial charge in [-0.15, -0.1) is 0 Å². The largest absolute Gasteiger partial charge is 0.740 e. The highest BCUT2D eigenvalue weighted by Crippen LogP contribution is 2.42. The third-order valence-electron chi connectivity index (χ3n) is 8.11. The molecular formula is C33H35O12S4-. The van der Waals surface area contributed by atoms with Crippen LogP contribution in [0.1, 0.15) is 79.0 Å². The molecule has 4 aromatic carbocycles. The predicted molar refractivity (Wildman–Crippen MR) is 186 cm³/mol. The van der Waals surface area contributed by atoms with Gasteiger partial charge in [0, 0.05) is 0 Å². The quantitative estimate of drug-likeness (QED) is 0.0880. The Morgan fingerprint density at radius 3 is 1.00 bits per heavy atom. The van der Waals surface area contributed by atoms with Crippen LogP contribution in [0.2, 0.25) is 0 Å². The fourth-order valence-electron chi connectivity index (χ4n) is 5.83. The van der Waals surface area contributed by atoms with Crippen LogP contribution in [0.25, 0.3) is 0 Å². The van der Waals surface area contributed by atoms with Gasteiger partial charge in [-0.25, -0.2) is 4.21 Å². The molecule has 0 radical (unpaired) electrons. The molecule has 0 amide bonds. The van der Waals surface area contributed by atoms with Crippen molar-refractivity contribution in [2.75, 3.05) is 0 Å². The third-order valence-corrected chi connectivity index (χ3v) is 9.45. The van der Waals surface area contributed by atoms with E-state index < -0.39 is 45.4 Å². The van der Waals surface area contributed by atoms with Crippen molar-refractivity contribution in [3.63, 3.8) is 0 Å². The van der Waals surface area contributed by atoms with Crippen molar-refractivity contribution in [1.82, 2.24) is 0 Å². The number of rotatable bonds is 18. The molecule has 0 fully saturated rings. The highest BCUT2D eigenvalue weighted by atomic mass is 32.2. The van der Waals surface area contributed by atoms with E-state index >= 15 is 0 Å². The summed E-state index contributed by atoms with van der Waals surface area (Å²) in [6.07, 6.45) is 2.02. The van der Waals surface area contributed by atoms with Gasteiger partial charge in [-0.05, 0) is 114 Å². The number of hydrogen-bond donors (Lipinski definition) is 3. The van der Waals surface area contributed by atoms with Crippen LogP contribution in [0, 0.1) is 0 Å². The molecule has 16 heteroatoms. The fraction of sp³-hybridized carbons (Fsp3) is 0.273. The van der Waals surface area contributed by atoms with Crippen molar-refractivity contribution in [2.45, 2.75) is 56.8 Å². The molecule has 12 nitrogen and oxygen atoms in total. The molecule has 0 aromatic heterocycles. The summed E-state index contributed by atoms with van der Waals surface area (Å²) in [5.41, 5.74) is 3.90. The second kappa shape index (κ2) is 18.5. The van der Waals surface area contributed by atoms with E-state index in [9.17, 15) is 25.9 Å². The van der Waals surface area contributed by atoms with E-state index in [1.54, 1.807) is 48.5 Å². The molecule has 0 bridgehead atoms. The monoisotopic (exact) mass is 751 g/mol. The van der Waals surface area contributed by atoms with Gasteiger partial charge in [-0.3, -0.25) is 13.7 Å². The second-order valence-electron chi connectivity index (χ2n) is 11.4. The van der Waals surface area contributed by atoms with E-state index in [2.05, 4.69) is 13.8 Å². The first-order valence-electron chi connectivity index (χ1n) is 14.9. The summed E-state index contributed by atoms with van der Waals surface area (Å²) in [7, 11) is 0. The first-order valence-corrected chi connectivity index (χ1v) is 19.0. The van der Waals surface area contributed by atoms with Crippen LogP contribution in [0.15, 0.2) is 97.1 Å². The zero-order valence-corrected chi connectivity index (χ0v) is 29.6. The fourth-order valence-corrected chi connectivity index (χ4v) is 6.92. The van der Waals surface area contributed by atoms with E-state index in [4.69, 9.17) is 25.8 Å². The summed E-state index contributed by atoms with van der Waals surface area (Å²) in [6, 6.07) is 27.8. The lowest BCUT2D eigenvalue weighted by Gasteiger charge is -2.29. The van der Waals surface area contributed by atoms with Gasteiger partial charge in [-0.1, -0.05) is 62.4 Å². The lowest BCUT2D eigenvalue weighted by molar-refractivity contribution is 0.436. The van der Waals surface area contributed by atoms with E-state index in [1.165, 1.54) is 0 Å². The zero-order valence-electron chi connectivity index (χ0n) is 26.3. The molecule has 0 aliphatic rings. The van der Waals surface area contributed by atoms with Crippen LogP contribution in [-0.2, 0) is 45.4 Å². The molecule has 49 heavy (non-hydrogen) atoms. The molecule has 8 unspecified atom stereocenters. The lowest BCUT2D eigenvalue weighted by Crippen LogP contribution is -2.13. The molecule has 4 rings (SSSR count). The predicted octanol–water partition coefficient (Wildman–Crippen LogP) is 7.05. The van der Waals surface area contributed by atoms with Crippen LogP contribution in [0.5, 0.6) is 23.0 Å².